The van der Waals surface area contributed by atoms with Gasteiger partial charge in [0.2, 0.25) is 5.88 Å². The van der Waals surface area contributed by atoms with Gasteiger partial charge in [0.05, 0.1) is 25.0 Å². The lowest BCUT2D eigenvalue weighted by molar-refractivity contribution is 0.0696. The average molecular weight is 357 g/mol. The van der Waals surface area contributed by atoms with Crippen molar-refractivity contribution in [1.29, 1.82) is 0 Å². The molecule has 0 saturated carbocycles. The zero-order valence-electron chi connectivity index (χ0n) is 14.9. The van der Waals surface area contributed by atoms with Crippen LogP contribution in [0.2, 0.25) is 0 Å². The number of hydrogen-bond donors (Lipinski definition) is 2. The first-order valence-electron chi connectivity index (χ1n) is 8.23. The summed E-state index contributed by atoms with van der Waals surface area (Å²) < 4.78 is 11.2. The summed E-state index contributed by atoms with van der Waals surface area (Å²) in [5.41, 5.74) is 2.90. The smallest absolute Gasteiger partial charge is 0.213 e. The summed E-state index contributed by atoms with van der Waals surface area (Å²) in [6, 6.07) is 10.0. The van der Waals surface area contributed by atoms with E-state index in [9.17, 15) is 0 Å². The number of pyridine rings is 1. The van der Waals surface area contributed by atoms with Crippen LogP contribution in [0.15, 0.2) is 36.5 Å². The first kappa shape index (κ1) is 17.5. The number of aryl methyl sites for hydroxylation is 1. The van der Waals surface area contributed by atoms with Gasteiger partial charge in [0.1, 0.15) is 11.4 Å². The molecule has 1 aromatic heterocycles. The molecule has 6 heteroatoms. The first-order valence-corrected chi connectivity index (χ1v) is 8.64. The second kappa shape index (κ2) is 6.88. The number of hydrogen-bond acceptors (Lipinski definition) is 4. The molecule has 5 nitrogen and oxygen atoms in total. The molecule has 3 rings (SSSR count). The number of aromatic nitrogens is 1. The van der Waals surface area contributed by atoms with Gasteiger partial charge in [0.15, 0.2) is 5.11 Å². The van der Waals surface area contributed by atoms with Crippen LogP contribution < -0.4 is 20.1 Å². The Bertz CT molecular complexity index is 775. The van der Waals surface area contributed by atoms with E-state index < -0.39 is 0 Å². The van der Waals surface area contributed by atoms with E-state index >= 15 is 0 Å². The number of thiocarbonyl (C=S) groups is 1. The van der Waals surface area contributed by atoms with Gasteiger partial charge in [-0.05, 0) is 45.1 Å². The zero-order valence-corrected chi connectivity index (χ0v) is 15.7. The van der Waals surface area contributed by atoms with Gasteiger partial charge in [0, 0.05) is 18.1 Å². The summed E-state index contributed by atoms with van der Waals surface area (Å²) >= 11 is 5.49. The summed E-state index contributed by atoms with van der Waals surface area (Å²) in [5.74, 6) is 1.48. The fourth-order valence-electron chi connectivity index (χ4n) is 3.00. The number of benzene rings is 1. The molecular weight excluding hydrogens is 334 g/mol. The highest BCUT2D eigenvalue weighted by atomic mass is 32.1. The number of nitrogens with one attached hydrogen (secondary N) is 2. The van der Waals surface area contributed by atoms with Crippen molar-refractivity contribution in [3.8, 4) is 11.6 Å². The van der Waals surface area contributed by atoms with E-state index in [0.717, 1.165) is 23.4 Å². The number of anilines is 1. The monoisotopic (exact) mass is 357 g/mol. The van der Waals surface area contributed by atoms with Gasteiger partial charge >= 0.3 is 0 Å². The molecule has 0 amide bonds. The highest BCUT2D eigenvalue weighted by molar-refractivity contribution is 7.80. The molecule has 25 heavy (non-hydrogen) atoms. The minimum atomic E-state index is -0.253. The van der Waals surface area contributed by atoms with E-state index in [0.29, 0.717) is 11.0 Å². The summed E-state index contributed by atoms with van der Waals surface area (Å²) in [6.07, 6.45) is 2.52. The van der Waals surface area contributed by atoms with Crippen LogP contribution >= 0.6 is 12.2 Å². The normalized spacial score (nSPS) is 17.8. The van der Waals surface area contributed by atoms with Crippen molar-refractivity contribution in [2.45, 2.75) is 38.8 Å². The largest absolute Gasteiger partial charge is 0.487 e. The molecule has 0 fully saturated rings. The molecule has 0 bridgehead atoms. The Hall–Kier alpha value is -2.34. The Morgan fingerprint density at radius 2 is 2.12 bits per heavy atom. The van der Waals surface area contributed by atoms with Crippen molar-refractivity contribution < 1.29 is 9.47 Å². The molecule has 0 spiro atoms. The van der Waals surface area contributed by atoms with Crippen molar-refractivity contribution in [3.05, 3.63) is 47.7 Å². The van der Waals surface area contributed by atoms with E-state index in [-0.39, 0.29) is 11.6 Å². The molecule has 1 aliphatic rings. The summed E-state index contributed by atoms with van der Waals surface area (Å²) in [7, 11) is 1.59. The average Bonchev–Trinajstić information content (AvgIpc) is 2.55. The van der Waals surface area contributed by atoms with Gasteiger partial charge in [0.25, 0.3) is 0 Å². The van der Waals surface area contributed by atoms with Gasteiger partial charge in [-0.15, -0.1) is 0 Å². The molecule has 132 valence electrons. The highest BCUT2D eigenvalue weighted by Gasteiger charge is 2.34. The molecule has 1 aromatic carbocycles. The standard InChI is InChI=1S/C19H23N3O2S/c1-12-5-7-16-14(9-12)15(10-19(2,3)24-16)22-18(25)21-13-6-8-17(23-4)20-11-13/h5-9,11,15H,10H2,1-4H3,(H2,21,22,25)/t15-/m1/s1. The van der Waals surface area contributed by atoms with Crippen molar-refractivity contribution in [2.24, 2.45) is 0 Å². The molecule has 0 radical (unpaired) electrons. The summed E-state index contributed by atoms with van der Waals surface area (Å²) in [5, 5.41) is 7.15. The molecule has 2 heterocycles. The van der Waals surface area contributed by atoms with Crippen LogP contribution in [0.3, 0.4) is 0 Å². The second-order valence-electron chi connectivity index (χ2n) is 6.85. The van der Waals surface area contributed by atoms with Crippen molar-refractivity contribution in [1.82, 2.24) is 10.3 Å². The lowest BCUT2D eigenvalue weighted by atomic mass is 9.89. The van der Waals surface area contributed by atoms with Crippen molar-refractivity contribution in [2.75, 3.05) is 12.4 Å². The van der Waals surface area contributed by atoms with Crippen molar-refractivity contribution >= 4 is 23.0 Å². The van der Waals surface area contributed by atoms with E-state index in [4.69, 9.17) is 21.7 Å². The fraction of sp³-hybridized carbons (Fsp3) is 0.368. The van der Waals surface area contributed by atoms with Gasteiger partial charge in [-0.1, -0.05) is 17.7 Å². The highest BCUT2D eigenvalue weighted by Crippen LogP contribution is 2.39. The summed E-state index contributed by atoms with van der Waals surface area (Å²) in [4.78, 5) is 4.18. The van der Waals surface area contributed by atoms with Crippen LogP contribution in [0, 0.1) is 6.92 Å². The number of nitrogens with zero attached hydrogens (tertiary/aromatic N) is 1. The topological polar surface area (TPSA) is 55.4 Å². The first-order chi connectivity index (χ1) is 11.9. The van der Waals surface area contributed by atoms with Crippen LogP contribution in [0.4, 0.5) is 5.69 Å². The molecule has 1 aliphatic heterocycles. The van der Waals surface area contributed by atoms with Gasteiger partial charge in [-0.2, -0.15) is 0 Å². The number of rotatable bonds is 3. The van der Waals surface area contributed by atoms with Crippen LogP contribution in [0.1, 0.15) is 37.4 Å². The number of methoxy groups -OCH3 is 1. The minimum Gasteiger partial charge on any atom is -0.487 e. The lowest BCUT2D eigenvalue weighted by Crippen LogP contribution is -2.42. The lowest BCUT2D eigenvalue weighted by Gasteiger charge is -2.38. The Morgan fingerprint density at radius 3 is 2.80 bits per heavy atom. The molecule has 0 aliphatic carbocycles. The maximum absolute atomic E-state index is 6.10. The third-order valence-electron chi connectivity index (χ3n) is 4.13. The molecule has 1 atom stereocenters. The zero-order chi connectivity index (χ0) is 18.0. The van der Waals surface area contributed by atoms with Crippen LogP contribution in [-0.2, 0) is 0 Å². The molecule has 0 unspecified atom stereocenters. The van der Waals surface area contributed by atoms with E-state index in [2.05, 4.69) is 48.5 Å². The Kier molecular flexibility index (Phi) is 4.81. The van der Waals surface area contributed by atoms with E-state index in [1.807, 2.05) is 12.1 Å². The Labute approximate surface area is 153 Å². The van der Waals surface area contributed by atoms with Crippen LogP contribution in [-0.4, -0.2) is 22.8 Å². The number of fused-ring (bicyclic) bond motifs is 1. The van der Waals surface area contributed by atoms with Crippen molar-refractivity contribution in [3.63, 3.8) is 0 Å². The SMILES string of the molecule is COc1ccc(NC(=S)N[C@@H]2CC(C)(C)Oc3ccc(C)cc32)cn1. The fourth-order valence-corrected chi connectivity index (χ4v) is 3.26. The van der Waals surface area contributed by atoms with E-state index in [1.54, 1.807) is 19.4 Å². The maximum atomic E-state index is 6.10. The minimum absolute atomic E-state index is 0.0878. The third-order valence-corrected chi connectivity index (χ3v) is 4.35. The van der Waals surface area contributed by atoms with E-state index in [1.165, 1.54) is 5.56 Å². The maximum Gasteiger partial charge on any atom is 0.213 e. The third kappa shape index (κ3) is 4.20. The second-order valence-corrected chi connectivity index (χ2v) is 7.26. The van der Waals surface area contributed by atoms with Gasteiger partial charge in [-0.3, -0.25) is 0 Å². The summed E-state index contributed by atoms with van der Waals surface area (Å²) in [6.45, 7) is 6.26. The Morgan fingerprint density at radius 1 is 1.32 bits per heavy atom. The number of ether oxygens (including phenoxy) is 2. The molecule has 0 saturated heterocycles. The molecule has 2 N–H and O–H groups in total. The predicted octanol–water partition coefficient (Wildman–Crippen LogP) is 3.99. The van der Waals surface area contributed by atoms with Crippen LogP contribution in [0.5, 0.6) is 11.6 Å². The van der Waals surface area contributed by atoms with Crippen LogP contribution in [0.25, 0.3) is 0 Å². The molecule has 2 aromatic rings. The van der Waals surface area contributed by atoms with Gasteiger partial charge < -0.3 is 20.1 Å². The Balaban J connectivity index is 1.74. The predicted molar refractivity (Wildman–Crippen MR) is 103 cm³/mol. The quantitative estimate of drug-likeness (QED) is 0.810. The molecular formula is C19H23N3O2S. The van der Waals surface area contributed by atoms with Gasteiger partial charge in [-0.25, -0.2) is 4.98 Å².